The van der Waals surface area contributed by atoms with Gasteiger partial charge in [-0.25, -0.2) is 0 Å². The molecule has 21 heavy (non-hydrogen) atoms. The van der Waals surface area contributed by atoms with Crippen molar-refractivity contribution in [3.63, 3.8) is 0 Å². The molecular weight excluding hydrogens is 264 g/mol. The number of nitrogens with two attached hydrogens (primary N) is 1. The van der Waals surface area contributed by atoms with E-state index >= 15 is 0 Å². The molecule has 118 valence electrons. The lowest BCUT2D eigenvalue weighted by molar-refractivity contribution is 0.149. The lowest BCUT2D eigenvalue weighted by Gasteiger charge is -2.40. The van der Waals surface area contributed by atoms with Gasteiger partial charge >= 0.3 is 0 Å². The van der Waals surface area contributed by atoms with Crippen LogP contribution in [-0.4, -0.2) is 23.4 Å². The second-order valence-corrected chi connectivity index (χ2v) is 6.68. The van der Waals surface area contributed by atoms with E-state index < -0.39 is 0 Å². The van der Waals surface area contributed by atoms with Crippen molar-refractivity contribution in [3.8, 4) is 5.75 Å². The fraction of sp³-hybridized carbons (Fsp3) is 0.647. The molecular formula is C17H28N2O2. The molecule has 0 saturated heterocycles. The van der Waals surface area contributed by atoms with Crippen molar-refractivity contribution < 1.29 is 9.84 Å². The number of anilines is 2. The molecule has 0 heterocycles. The van der Waals surface area contributed by atoms with Crippen molar-refractivity contribution in [2.24, 2.45) is 5.92 Å². The largest absolute Gasteiger partial charge is 0.489 e. The van der Waals surface area contributed by atoms with E-state index in [0.29, 0.717) is 17.4 Å². The highest BCUT2D eigenvalue weighted by molar-refractivity contribution is 5.62. The van der Waals surface area contributed by atoms with Crippen molar-refractivity contribution in [1.29, 1.82) is 0 Å². The van der Waals surface area contributed by atoms with Crippen LogP contribution in [0.5, 0.6) is 5.75 Å². The van der Waals surface area contributed by atoms with Crippen LogP contribution in [0.1, 0.15) is 46.5 Å². The van der Waals surface area contributed by atoms with E-state index in [9.17, 15) is 5.11 Å². The fourth-order valence-electron chi connectivity index (χ4n) is 3.23. The maximum Gasteiger partial charge on any atom is 0.144 e. The number of nitrogen functional groups attached to an aromatic ring is 1. The number of aliphatic hydroxyl groups is 1. The van der Waals surface area contributed by atoms with Gasteiger partial charge in [0.2, 0.25) is 0 Å². The summed E-state index contributed by atoms with van der Waals surface area (Å²) in [6.07, 6.45) is 4.47. The van der Waals surface area contributed by atoms with Crippen molar-refractivity contribution in [2.75, 3.05) is 17.7 Å². The minimum atomic E-state index is -0.219. The topological polar surface area (TPSA) is 67.5 Å². The highest BCUT2D eigenvalue weighted by Gasteiger charge is 2.34. The van der Waals surface area contributed by atoms with Crippen LogP contribution in [0.2, 0.25) is 0 Å². The summed E-state index contributed by atoms with van der Waals surface area (Å²) in [6, 6.07) is 5.75. The average Bonchev–Trinajstić information content (AvgIpc) is 2.42. The molecule has 1 aromatic carbocycles. The predicted molar refractivity (Wildman–Crippen MR) is 87.7 cm³/mol. The molecule has 2 unspecified atom stereocenters. The SMILES string of the molecule is CC1CCCC(CO)(Nc2ccc(N)c(OC(C)C)c2)C1. The van der Waals surface area contributed by atoms with Crippen LogP contribution in [0, 0.1) is 5.92 Å². The molecule has 0 aromatic heterocycles. The zero-order valence-electron chi connectivity index (χ0n) is 13.4. The molecule has 2 rings (SSSR count). The van der Waals surface area contributed by atoms with E-state index in [4.69, 9.17) is 10.5 Å². The molecule has 1 fully saturated rings. The van der Waals surface area contributed by atoms with E-state index in [1.165, 1.54) is 6.42 Å². The van der Waals surface area contributed by atoms with E-state index in [1.807, 2.05) is 32.0 Å². The Kier molecular flexibility index (Phi) is 4.99. The van der Waals surface area contributed by atoms with Crippen LogP contribution in [0.15, 0.2) is 18.2 Å². The first kappa shape index (κ1) is 16.0. The predicted octanol–water partition coefficient (Wildman–Crippen LogP) is 3.41. The van der Waals surface area contributed by atoms with Gasteiger partial charge in [0.25, 0.3) is 0 Å². The van der Waals surface area contributed by atoms with Gasteiger partial charge in [0, 0.05) is 11.8 Å². The standard InChI is InChI=1S/C17H28N2O2/c1-12(2)21-16-9-14(6-7-15(16)18)19-17(11-20)8-4-5-13(3)10-17/h6-7,9,12-13,19-20H,4-5,8,10-11,18H2,1-3H3. The Bertz CT molecular complexity index is 476. The van der Waals surface area contributed by atoms with E-state index in [0.717, 1.165) is 24.9 Å². The first-order valence-corrected chi connectivity index (χ1v) is 7.89. The lowest BCUT2D eigenvalue weighted by atomic mass is 9.76. The van der Waals surface area contributed by atoms with Crippen molar-refractivity contribution >= 4 is 11.4 Å². The second-order valence-electron chi connectivity index (χ2n) is 6.68. The number of hydrogen-bond donors (Lipinski definition) is 3. The Hall–Kier alpha value is -1.42. The molecule has 1 saturated carbocycles. The summed E-state index contributed by atoms with van der Waals surface area (Å²) < 4.78 is 5.73. The number of nitrogens with one attached hydrogen (secondary N) is 1. The summed E-state index contributed by atoms with van der Waals surface area (Å²) in [6.45, 7) is 6.37. The molecule has 0 amide bonds. The Labute approximate surface area is 127 Å². The van der Waals surface area contributed by atoms with Gasteiger partial charge in [-0.05, 0) is 44.7 Å². The van der Waals surface area contributed by atoms with Crippen LogP contribution in [-0.2, 0) is 0 Å². The van der Waals surface area contributed by atoms with E-state index in [1.54, 1.807) is 0 Å². The van der Waals surface area contributed by atoms with Gasteiger partial charge in [-0.3, -0.25) is 0 Å². The van der Waals surface area contributed by atoms with Gasteiger partial charge in [0.1, 0.15) is 5.75 Å². The third-order valence-corrected chi connectivity index (χ3v) is 4.18. The number of benzene rings is 1. The van der Waals surface area contributed by atoms with E-state index in [-0.39, 0.29) is 18.2 Å². The molecule has 4 N–H and O–H groups in total. The second kappa shape index (κ2) is 6.56. The van der Waals surface area contributed by atoms with Gasteiger partial charge in [-0.2, -0.15) is 0 Å². The summed E-state index contributed by atoms with van der Waals surface area (Å²) in [5.74, 6) is 1.34. The number of rotatable bonds is 5. The average molecular weight is 292 g/mol. The molecule has 0 radical (unpaired) electrons. The lowest BCUT2D eigenvalue weighted by Crippen LogP contribution is -2.45. The van der Waals surface area contributed by atoms with Crippen molar-refractivity contribution in [2.45, 2.75) is 58.1 Å². The molecule has 0 bridgehead atoms. The third kappa shape index (κ3) is 4.03. The van der Waals surface area contributed by atoms with Crippen LogP contribution < -0.4 is 15.8 Å². The number of hydrogen-bond acceptors (Lipinski definition) is 4. The minimum absolute atomic E-state index is 0.0871. The van der Waals surface area contributed by atoms with E-state index in [2.05, 4.69) is 12.2 Å². The van der Waals surface area contributed by atoms with Crippen LogP contribution in [0.4, 0.5) is 11.4 Å². The number of aliphatic hydroxyl groups excluding tert-OH is 1. The number of ether oxygens (including phenoxy) is 1. The molecule has 0 aliphatic heterocycles. The van der Waals surface area contributed by atoms with Gasteiger partial charge < -0.3 is 20.9 Å². The highest BCUT2D eigenvalue weighted by atomic mass is 16.5. The normalized spacial score (nSPS) is 25.9. The summed E-state index contributed by atoms with van der Waals surface area (Å²) >= 11 is 0. The minimum Gasteiger partial charge on any atom is -0.489 e. The molecule has 4 nitrogen and oxygen atoms in total. The Balaban J connectivity index is 2.17. The first-order chi connectivity index (χ1) is 9.94. The molecule has 1 aliphatic rings. The summed E-state index contributed by atoms with van der Waals surface area (Å²) in [7, 11) is 0. The summed E-state index contributed by atoms with van der Waals surface area (Å²) in [5.41, 5.74) is 7.34. The summed E-state index contributed by atoms with van der Waals surface area (Å²) in [5, 5.41) is 13.4. The summed E-state index contributed by atoms with van der Waals surface area (Å²) in [4.78, 5) is 0. The first-order valence-electron chi connectivity index (χ1n) is 7.89. The molecule has 1 aromatic rings. The van der Waals surface area contributed by atoms with Crippen molar-refractivity contribution in [3.05, 3.63) is 18.2 Å². The van der Waals surface area contributed by atoms with Gasteiger partial charge in [0.05, 0.1) is 23.9 Å². The fourth-order valence-corrected chi connectivity index (χ4v) is 3.23. The van der Waals surface area contributed by atoms with Gasteiger partial charge in [0.15, 0.2) is 0 Å². The van der Waals surface area contributed by atoms with Gasteiger partial charge in [-0.15, -0.1) is 0 Å². The van der Waals surface area contributed by atoms with Crippen LogP contribution >= 0.6 is 0 Å². The molecule has 4 heteroatoms. The monoisotopic (exact) mass is 292 g/mol. The molecule has 1 aliphatic carbocycles. The maximum absolute atomic E-state index is 9.87. The Morgan fingerprint density at radius 3 is 2.86 bits per heavy atom. The third-order valence-electron chi connectivity index (χ3n) is 4.18. The zero-order valence-corrected chi connectivity index (χ0v) is 13.4. The van der Waals surface area contributed by atoms with Crippen LogP contribution in [0.25, 0.3) is 0 Å². The smallest absolute Gasteiger partial charge is 0.144 e. The Morgan fingerprint density at radius 1 is 1.48 bits per heavy atom. The maximum atomic E-state index is 9.87. The zero-order chi connectivity index (χ0) is 15.5. The molecule has 0 spiro atoms. The Morgan fingerprint density at radius 2 is 2.24 bits per heavy atom. The molecule has 2 atom stereocenters. The highest BCUT2D eigenvalue weighted by Crippen LogP contribution is 2.36. The van der Waals surface area contributed by atoms with Gasteiger partial charge in [-0.1, -0.05) is 19.8 Å². The van der Waals surface area contributed by atoms with Crippen LogP contribution in [0.3, 0.4) is 0 Å². The van der Waals surface area contributed by atoms with Crippen molar-refractivity contribution in [1.82, 2.24) is 0 Å². The quantitative estimate of drug-likeness (QED) is 0.728.